The highest BCUT2D eigenvalue weighted by Gasteiger charge is 2.12. The van der Waals surface area contributed by atoms with Crippen molar-refractivity contribution in [2.75, 3.05) is 18.1 Å². The topological polar surface area (TPSA) is 88.9 Å². The van der Waals surface area contributed by atoms with Crippen LogP contribution in [0.3, 0.4) is 0 Å². The third-order valence-corrected chi connectivity index (χ3v) is 7.16. The molecule has 174 valence electrons. The molecular formula is C24H23N5O2S3. The van der Waals surface area contributed by atoms with Gasteiger partial charge in [-0.05, 0) is 69.1 Å². The molecule has 2 N–H and O–H groups in total. The average molecular weight is 510 g/mol. The van der Waals surface area contributed by atoms with Crippen molar-refractivity contribution in [2.45, 2.75) is 12.8 Å². The molecule has 0 fully saturated rings. The lowest BCUT2D eigenvalue weighted by molar-refractivity contribution is -0.115. The van der Waals surface area contributed by atoms with Gasteiger partial charge in [-0.25, -0.2) is 4.98 Å². The predicted molar refractivity (Wildman–Crippen MR) is 141 cm³/mol. The van der Waals surface area contributed by atoms with E-state index in [0.29, 0.717) is 10.7 Å². The lowest BCUT2D eigenvalue weighted by Gasteiger charge is -2.05. The van der Waals surface area contributed by atoms with Gasteiger partial charge in [0.1, 0.15) is 0 Å². The van der Waals surface area contributed by atoms with Crippen molar-refractivity contribution in [3.8, 4) is 11.3 Å². The molecule has 10 heteroatoms. The van der Waals surface area contributed by atoms with Gasteiger partial charge < -0.3 is 10.6 Å². The van der Waals surface area contributed by atoms with Crippen LogP contribution in [-0.2, 0) is 38.5 Å². The number of aromatic nitrogens is 3. The third-order valence-electron chi connectivity index (χ3n) is 5.06. The minimum atomic E-state index is -0.408. The molecule has 3 heterocycles. The van der Waals surface area contributed by atoms with E-state index in [1.807, 2.05) is 48.3 Å². The second-order valence-electron chi connectivity index (χ2n) is 7.51. The van der Waals surface area contributed by atoms with Crippen LogP contribution in [0, 0.1) is 0 Å². The molecule has 0 aliphatic heterocycles. The molecule has 1 aromatic carbocycles. The number of nitrogens with zero attached hydrogens (tertiary/aromatic N) is 3. The van der Waals surface area contributed by atoms with Crippen LogP contribution in [0.25, 0.3) is 11.3 Å². The first-order valence-corrected chi connectivity index (χ1v) is 13.9. The van der Waals surface area contributed by atoms with Crippen molar-refractivity contribution in [2.24, 2.45) is 0 Å². The Hall–Kier alpha value is -3.21. The number of thiazole rings is 1. The molecule has 2 amide bonds. The summed E-state index contributed by atoms with van der Waals surface area (Å²) in [5.74, 6) is -0.656. The summed E-state index contributed by atoms with van der Waals surface area (Å²) < 4.78 is 1.79. The van der Waals surface area contributed by atoms with Crippen molar-refractivity contribution in [1.82, 2.24) is 19.3 Å². The molecule has 0 aliphatic carbocycles. The molecule has 4 rings (SSSR count). The van der Waals surface area contributed by atoms with Crippen LogP contribution in [0.1, 0.15) is 21.5 Å². The van der Waals surface area contributed by atoms with E-state index in [9.17, 15) is 9.59 Å². The predicted octanol–water partition coefficient (Wildman–Crippen LogP) is 3.63. The molecule has 0 saturated carbocycles. The molecule has 1 unspecified atom stereocenters. The molecule has 0 aliphatic rings. The summed E-state index contributed by atoms with van der Waals surface area (Å²) >= 11 is 6.54. The summed E-state index contributed by atoms with van der Waals surface area (Å²) in [6, 6.07) is 14.0. The van der Waals surface area contributed by atoms with Gasteiger partial charge in [0.15, 0.2) is 5.13 Å². The Kier molecular flexibility index (Phi) is 7.94. The zero-order valence-corrected chi connectivity index (χ0v) is 20.9. The van der Waals surface area contributed by atoms with Crippen LogP contribution in [0.5, 0.6) is 0 Å². The van der Waals surface area contributed by atoms with Crippen LogP contribution in [-0.4, -0.2) is 38.6 Å². The van der Waals surface area contributed by atoms with E-state index in [4.69, 9.17) is 11.2 Å². The van der Waals surface area contributed by atoms with E-state index >= 15 is 0 Å². The van der Waals surface area contributed by atoms with E-state index in [0.717, 1.165) is 24.1 Å². The normalized spacial score (nSPS) is 11.7. The zero-order valence-electron chi connectivity index (χ0n) is 18.4. The second-order valence-corrected chi connectivity index (χ2v) is 11.1. The van der Waals surface area contributed by atoms with E-state index in [1.54, 1.807) is 22.4 Å². The fourth-order valence-electron chi connectivity index (χ4n) is 3.29. The Bertz CT molecular complexity index is 1320. The monoisotopic (exact) mass is 509 g/mol. The van der Waals surface area contributed by atoms with Gasteiger partial charge in [0.05, 0.1) is 17.8 Å². The Morgan fingerprint density at radius 1 is 1.12 bits per heavy atom. The van der Waals surface area contributed by atoms with Gasteiger partial charge in [0, 0.05) is 42.0 Å². The molecule has 0 bridgehead atoms. The summed E-state index contributed by atoms with van der Waals surface area (Å²) in [5.41, 5.74) is 4.74. The molecular weight excluding hydrogens is 486 g/mol. The number of rotatable bonds is 9. The Labute approximate surface area is 209 Å². The van der Waals surface area contributed by atoms with Crippen molar-refractivity contribution in [3.63, 3.8) is 0 Å². The van der Waals surface area contributed by atoms with Crippen LogP contribution < -0.4 is 10.6 Å². The van der Waals surface area contributed by atoms with E-state index < -0.39 is 9.64 Å². The third kappa shape index (κ3) is 6.43. The molecule has 7 nitrogen and oxygen atoms in total. The summed E-state index contributed by atoms with van der Waals surface area (Å²) in [4.78, 5) is 33.1. The van der Waals surface area contributed by atoms with Gasteiger partial charge >= 0.3 is 0 Å². The molecule has 0 spiro atoms. The van der Waals surface area contributed by atoms with Gasteiger partial charge in [0.2, 0.25) is 5.91 Å². The summed E-state index contributed by atoms with van der Waals surface area (Å²) in [6.45, 7) is -0.144. The number of carbonyl (C=O) groups is 2. The maximum atomic E-state index is 12.3. The molecule has 0 radical (unpaired) electrons. The van der Waals surface area contributed by atoms with Crippen molar-refractivity contribution in [3.05, 3.63) is 89.3 Å². The smallest absolute Gasteiger partial charge is 0.253 e. The number of pyridine rings is 1. The second kappa shape index (κ2) is 11.3. The average Bonchev–Trinajstić information content (AvgIpc) is 3.53. The fourth-order valence-corrected chi connectivity index (χ4v) is 4.79. The standard InChI is InChI=1S/C24H23N5O2S3/c1-34(32)29-12-9-20(15-29)23(31)26-14-22(30)28-24-27-21(16-33-24)19-4-2-3-18(13-19)6-5-17-7-10-25-11-8-17/h2-4,7-13,15-16H,5-6,14H2,1H3,(H,26,31)(H,27,28,30). The number of nitrogens with one attached hydrogen (secondary N) is 2. The largest absolute Gasteiger partial charge is 0.343 e. The number of hydrogen-bond donors (Lipinski definition) is 2. The Morgan fingerprint density at radius 2 is 1.91 bits per heavy atom. The number of anilines is 1. The minimum absolute atomic E-state index is 0.144. The maximum absolute atomic E-state index is 12.3. The first-order chi connectivity index (χ1) is 16.5. The minimum Gasteiger partial charge on any atom is -0.343 e. The highest BCUT2D eigenvalue weighted by atomic mass is 32.8. The lowest BCUT2D eigenvalue weighted by atomic mass is 10.0. The Balaban J connectivity index is 1.31. The number of benzene rings is 1. The molecule has 34 heavy (non-hydrogen) atoms. The number of aryl methyl sites for hydroxylation is 2. The van der Waals surface area contributed by atoms with Gasteiger partial charge in [0.25, 0.3) is 5.91 Å². The van der Waals surface area contributed by atoms with Gasteiger partial charge in [-0.3, -0.25) is 18.5 Å². The van der Waals surface area contributed by atoms with Crippen LogP contribution >= 0.6 is 11.3 Å². The fraction of sp³-hybridized carbons (Fsp3) is 0.167. The first kappa shape index (κ1) is 23.9. The van der Waals surface area contributed by atoms with E-state index in [-0.39, 0.29) is 18.4 Å². The molecule has 1 atom stereocenters. The van der Waals surface area contributed by atoms with E-state index in [1.165, 1.54) is 22.5 Å². The summed E-state index contributed by atoms with van der Waals surface area (Å²) in [5, 5.41) is 7.78. The maximum Gasteiger partial charge on any atom is 0.253 e. The number of carbonyl (C=O) groups excluding carboxylic acids is 2. The molecule has 4 aromatic rings. The molecule has 0 saturated heterocycles. The van der Waals surface area contributed by atoms with Crippen molar-refractivity contribution in [1.29, 1.82) is 0 Å². The number of amides is 2. The molecule has 3 aromatic heterocycles. The summed E-state index contributed by atoms with van der Waals surface area (Å²) in [7, 11) is -0.408. The first-order valence-electron chi connectivity index (χ1n) is 10.5. The van der Waals surface area contributed by atoms with Crippen LogP contribution in [0.2, 0.25) is 0 Å². The lowest BCUT2D eigenvalue weighted by Crippen LogP contribution is -2.32. The number of hydrogen-bond acceptors (Lipinski definition) is 6. The van der Waals surface area contributed by atoms with Gasteiger partial charge in [-0.2, -0.15) is 0 Å². The van der Waals surface area contributed by atoms with Crippen LogP contribution in [0.4, 0.5) is 5.13 Å². The van der Waals surface area contributed by atoms with Crippen molar-refractivity contribution < 1.29 is 9.59 Å². The van der Waals surface area contributed by atoms with Crippen molar-refractivity contribution >= 4 is 49.1 Å². The van der Waals surface area contributed by atoms with Gasteiger partial charge in [-0.15, -0.1) is 11.3 Å². The van der Waals surface area contributed by atoms with Gasteiger partial charge in [-0.1, -0.05) is 18.2 Å². The summed E-state index contributed by atoms with van der Waals surface area (Å²) in [6.07, 6.45) is 10.8. The highest BCUT2D eigenvalue weighted by molar-refractivity contribution is 8.27. The van der Waals surface area contributed by atoms with E-state index in [2.05, 4.69) is 32.7 Å². The van der Waals surface area contributed by atoms with Crippen LogP contribution in [0.15, 0.2) is 72.6 Å². The highest BCUT2D eigenvalue weighted by Crippen LogP contribution is 2.26. The quantitative estimate of drug-likeness (QED) is 0.360. The Morgan fingerprint density at radius 3 is 2.68 bits per heavy atom. The zero-order chi connectivity index (χ0) is 23.9. The SMILES string of the molecule is CS(=S)n1ccc(C(=O)NCC(=O)Nc2nc(-c3cccc(CCc4ccncc4)c3)cs2)c1.